The summed E-state index contributed by atoms with van der Waals surface area (Å²) in [5.74, 6) is 0.390. The molecule has 3 aliphatic rings. The third kappa shape index (κ3) is 3.92. The van der Waals surface area contributed by atoms with E-state index in [0.717, 1.165) is 52.0 Å². The molecule has 1 unspecified atom stereocenters. The Bertz CT molecular complexity index is 857. The van der Waals surface area contributed by atoms with Crippen LogP contribution in [0.4, 0.5) is 0 Å². The van der Waals surface area contributed by atoms with Gasteiger partial charge in [0.15, 0.2) is 0 Å². The van der Waals surface area contributed by atoms with E-state index in [1.807, 2.05) is 18.6 Å². The molecule has 1 aromatic carbocycles. The maximum Gasteiger partial charge on any atom is 0.230 e. The van der Waals surface area contributed by atoms with E-state index in [0.29, 0.717) is 11.9 Å². The van der Waals surface area contributed by atoms with Gasteiger partial charge in [0.05, 0.1) is 17.4 Å². The maximum absolute atomic E-state index is 13.3. The van der Waals surface area contributed by atoms with Gasteiger partial charge in [0, 0.05) is 38.4 Å². The molecule has 2 aromatic rings. The third-order valence-electron chi connectivity index (χ3n) is 7.65. The van der Waals surface area contributed by atoms with Gasteiger partial charge in [-0.3, -0.25) is 9.69 Å². The lowest BCUT2D eigenvalue weighted by Gasteiger charge is -2.27. The Kier molecular flexibility index (Phi) is 5.64. The van der Waals surface area contributed by atoms with Crippen molar-refractivity contribution in [2.24, 2.45) is 5.41 Å². The monoisotopic (exact) mass is 406 g/mol. The fourth-order valence-electron chi connectivity index (χ4n) is 5.86. The molecule has 3 heterocycles. The lowest BCUT2D eigenvalue weighted by Crippen LogP contribution is -2.37. The van der Waals surface area contributed by atoms with Crippen molar-refractivity contribution in [3.8, 4) is 0 Å². The van der Waals surface area contributed by atoms with E-state index in [9.17, 15) is 4.79 Å². The van der Waals surface area contributed by atoms with Crippen LogP contribution >= 0.6 is 0 Å². The SMILES string of the molecule is O=C1N(CCc2ccccc2)CCC12CCN(Cc1cncn1C1CCCCC1)C2. The van der Waals surface area contributed by atoms with Gasteiger partial charge in [-0.25, -0.2) is 4.98 Å². The van der Waals surface area contributed by atoms with Crippen LogP contribution in [0, 0.1) is 5.41 Å². The molecule has 160 valence electrons. The number of hydrogen-bond donors (Lipinski definition) is 0. The van der Waals surface area contributed by atoms with Crippen LogP contribution in [0.2, 0.25) is 0 Å². The Morgan fingerprint density at radius 3 is 2.67 bits per heavy atom. The predicted octanol–water partition coefficient (Wildman–Crippen LogP) is 4.06. The topological polar surface area (TPSA) is 41.4 Å². The summed E-state index contributed by atoms with van der Waals surface area (Å²) in [4.78, 5) is 22.4. The first-order chi connectivity index (χ1) is 14.7. The van der Waals surface area contributed by atoms with E-state index < -0.39 is 0 Å². The van der Waals surface area contributed by atoms with Crippen LogP contribution in [0.1, 0.15) is 62.2 Å². The number of carbonyl (C=O) groups is 1. The molecule has 1 spiro atoms. The molecule has 1 atom stereocenters. The van der Waals surface area contributed by atoms with Crippen molar-refractivity contribution in [2.45, 2.75) is 64.0 Å². The highest BCUT2D eigenvalue weighted by Gasteiger charge is 2.50. The summed E-state index contributed by atoms with van der Waals surface area (Å²) in [6.45, 7) is 4.62. The van der Waals surface area contributed by atoms with Gasteiger partial charge < -0.3 is 9.47 Å². The highest BCUT2D eigenvalue weighted by molar-refractivity contribution is 5.85. The highest BCUT2D eigenvalue weighted by Crippen LogP contribution is 2.41. The van der Waals surface area contributed by atoms with Gasteiger partial charge in [-0.05, 0) is 44.2 Å². The summed E-state index contributed by atoms with van der Waals surface area (Å²) < 4.78 is 2.42. The second kappa shape index (κ2) is 8.54. The lowest BCUT2D eigenvalue weighted by atomic mass is 9.85. The quantitative estimate of drug-likeness (QED) is 0.727. The molecule has 1 aliphatic carbocycles. The molecule has 1 aromatic heterocycles. The number of rotatable bonds is 6. The molecule has 5 rings (SSSR count). The van der Waals surface area contributed by atoms with Crippen LogP contribution in [0.3, 0.4) is 0 Å². The average Bonchev–Trinajstić information content (AvgIpc) is 3.50. The first-order valence-corrected chi connectivity index (χ1v) is 11.8. The number of hydrogen-bond acceptors (Lipinski definition) is 3. The Labute approximate surface area is 180 Å². The average molecular weight is 407 g/mol. The van der Waals surface area contributed by atoms with Crippen LogP contribution in [0.15, 0.2) is 42.9 Å². The second-order valence-corrected chi connectivity index (χ2v) is 9.60. The zero-order chi connectivity index (χ0) is 20.4. The number of carbonyl (C=O) groups excluding carboxylic acids is 1. The molecule has 2 aliphatic heterocycles. The van der Waals surface area contributed by atoms with Crippen molar-refractivity contribution >= 4 is 5.91 Å². The molecule has 0 N–H and O–H groups in total. The number of imidazole rings is 1. The van der Waals surface area contributed by atoms with Gasteiger partial charge in [0.2, 0.25) is 5.91 Å². The standard InChI is InChI=1S/C25H34N4O/c30-24-25(13-16-28(24)14-11-21-7-3-1-4-8-21)12-15-27(19-25)18-23-17-26-20-29(23)22-9-5-2-6-10-22/h1,3-4,7-8,17,20,22H,2,5-6,9-16,18-19H2. The molecule has 1 saturated carbocycles. The van der Waals surface area contributed by atoms with Crippen molar-refractivity contribution in [2.75, 3.05) is 26.2 Å². The molecule has 3 fully saturated rings. The smallest absolute Gasteiger partial charge is 0.230 e. The zero-order valence-corrected chi connectivity index (χ0v) is 18.0. The fraction of sp³-hybridized carbons (Fsp3) is 0.600. The Balaban J connectivity index is 1.19. The number of likely N-dealkylation sites (tertiary alicyclic amines) is 2. The third-order valence-corrected chi connectivity index (χ3v) is 7.65. The minimum atomic E-state index is -0.146. The van der Waals surface area contributed by atoms with E-state index in [-0.39, 0.29) is 5.41 Å². The highest BCUT2D eigenvalue weighted by atomic mass is 16.2. The van der Waals surface area contributed by atoms with Crippen molar-refractivity contribution in [3.63, 3.8) is 0 Å². The van der Waals surface area contributed by atoms with Crippen LogP contribution in [-0.2, 0) is 17.8 Å². The van der Waals surface area contributed by atoms with Gasteiger partial charge in [-0.15, -0.1) is 0 Å². The Hall–Kier alpha value is -2.14. The Morgan fingerprint density at radius 2 is 1.83 bits per heavy atom. The molecular weight excluding hydrogens is 372 g/mol. The predicted molar refractivity (Wildman–Crippen MR) is 118 cm³/mol. The molecule has 1 amide bonds. The normalized spacial score (nSPS) is 25.6. The van der Waals surface area contributed by atoms with Gasteiger partial charge >= 0.3 is 0 Å². The summed E-state index contributed by atoms with van der Waals surface area (Å²) in [5.41, 5.74) is 2.49. The van der Waals surface area contributed by atoms with Crippen LogP contribution < -0.4 is 0 Å². The van der Waals surface area contributed by atoms with E-state index in [2.05, 4.69) is 43.6 Å². The molecule has 5 nitrogen and oxygen atoms in total. The number of amides is 1. The molecular formula is C25H34N4O. The number of benzene rings is 1. The largest absolute Gasteiger partial charge is 0.342 e. The zero-order valence-electron chi connectivity index (χ0n) is 18.0. The second-order valence-electron chi connectivity index (χ2n) is 9.60. The van der Waals surface area contributed by atoms with Gasteiger partial charge in [0.1, 0.15) is 0 Å². The maximum atomic E-state index is 13.3. The van der Waals surface area contributed by atoms with Gasteiger partial charge in [-0.1, -0.05) is 49.6 Å². The summed E-state index contributed by atoms with van der Waals surface area (Å²) in [7, 11) is 0. The molecule has 0 radical (unpaired) electrons. The van der Waals surface area contributed by atoms with Gasteiger partial charge in [0.25, 0.3) is 0 Å². The lowest BCUT2D eigenvalue weighted by molar-refractivity contribution is -0.135. The van der Waals surface area contributed by atoms with E-state index in [1.54, 1.807) is 0 Å². The molecule has 0 bridgehead atoms. The van der Waals surface area contributed by atoms with Crippen LogP contribution in [-0.4, -0.2) is 51.4 Å². The minimum absolute atomic E-state index is 0.146. The minimum Gasteiger partial charge on any atom is -0.342 e. The van der Waals surface area contributed by atoms with E-state index in [1.165, 1.54) is 43.4 Å². The van der Waals surface area contributed by atoms with Crippen LogP contribution in [0.25, 0.3) is 0 Å². The van der Waals surface area contributed by atoms with Crippen molar-refractivity contribution < 1.29 is 4.79 Å². The summed E-state index contributed by atoms with van der Waals surface area (Å²) in [6, 6.07) is 11.1. The number of nitrogens with zero attached hydrogens (tertiary/aromatic N) is 4. The first kappa shape index (κ1) is 19.8. The Morgan fingerprint density at radius 1 is 1.03 bits per heavy atom. The van der Waals surface area contributed by atoms with Gasteiger partial charge in [-0.2, -0.15) is 0 Å². The molecule has 30 heavy (non-hydrogen) atoms. The summed E-state index contributed by atoms with van der Waals surface area (Å²) in [6.07, 6.45) is 13.6. The van der Waals surface area contributed by atoms with Crippen LogP contribution in [0.5, 0.6) is 0 Å². The van der Waals surface area contributed by atoms with E-state index in [4.69, 9.17) is 0 Å². The summed E-state index contributed by atoms with van der Waals surface area (Å²) >= 11 is 0. The van der Waals surface area contributed by atoms with E-state index >= 15 is 0 Å². The van der Waals surface area contributed by atoms with Crippen molar-refractivity contribution in [3.05, 3.63) is 54.1 Å². The molecule has 2 saturated heterocycles. The van der Waals surface area contributed by atoms with Crippen molar-refractivity contribution in [1.29, 1.82) is 0 Å². The first-order valence-electron chi connectivity index (χ1n) is 11.8. The van der Waals surface area contributed by atoms with Crippen molar-refractivity contribution in [1.82, 2.24) is 19.4 Å². The summed E-state index contributed by atoms with van der Waals surface area (Å²) in [5, 5.41) is 0. The molecule has 5 heteroatoms. The number of aromatic nitrogens is 2. The fourth-order valence-corrected chi connectivity index (χ4v) is 5.86.